The zero-order valence-electron chi connectivity index (χ0n) is 15.4. The number of hydrogen-bond acceptors (Lipinski definition) is 5. The number of halogens is 1. The SMILES string of the molecule is COC(=O)c1ccc(N2CCC(COC3CCCCO3)CC2)cc1CBr. The summed E-state index contributed by atoms with van der Waals surface area (Å²) in [6, 6.07) is 5.98. The topological polar surface area (TPSA) is 48.0 Å². The van der Waals surface area contributed by atoms with Crippen LogP contribution in [0.15, 0.2) is 18.2 Å². The summed E-state index contributed by atoms with van der Waals surface area (Å²) in [5.41, 5.74) is 2.76. The van der Waals surface area contributed by atoms with Gasteiger partial charge in [-0.3, -0.25) is 0 Å². The average molecular weight is 426 g/mol. The summed E-state index contributed by atoms with van der Waals surface area (Å²) >= 11 is 3.48. The number of alkyl halides is 1. The number of carbonyl (C=O) groups excluding carboxylic acids is 1. The lowest BCUT2D eigenvalue weighted by Gasteiger charge is -2.34. The lowest BCUT2D eigenvalue weighted by Crippen LogP contribution is -2.36. The van der Waals surface area contributed by atoms with Gasteiger partial charge in [0.15, 0.2) is 6.29 Å². The first-order valence-electron chi connectivity index (χ1n) is 9.46. The summed E-state index contributed by atoms with van der Waals surface area (Å²) in [6.45, 7) is 3.66. The quantitative estimate of drug-likeness (QED) is 0.506. The molecule has 0 spiro atoms. The van der Waals surface area contributed by atoms with Gasteiger partial charge in [-0.15, -0.1) is 0 Å². The molecule has 0 aliphatic carbocycles. The van der Waals surface area contributed by atoms with Crippen LogP contribution in [-0.2, 0) is 19.5 Å². The molecule has 1 atom stereocenters. The smallest absolute Gasteiger partial charge is 0.338 e. The van der Waals surface area contributed by atoms with E-state index in [1.165, 1.54) is 19.2 Å². The molecule has 2 saturated heterocycles. The second-order valence-electron chi connectivity index (χ2n) is 7.03. The standard InChI is InChI=1S/C20H28BrNO4/c1-24-20(23)18-6-5-17(12-16(18)13-21)22-9-7-15(8-10-22)14-26-19-4-2-3-11-25-19/h5-6,12,15,19H,2-4,7-11,13-14H2,1H3. The Hall–Kier alpha value is -1.11. The molecule has 6 heteroatoms. The molecule has 0 saturated carbocycles. The molecule has 1 aromatic rings. The van der Waals surface area contributed by atoms with Crippen LogP contribution < -0.4 is 4.90 Å². The largest absolute Gasteiger partial charge is 0.465 e. The Kier molecular flexibility index (Phi) is 7.34. The van der Waals surface area contributed by atoms with Gasteiger partial charge >= 0.3 is 5.97 Å². The third-order valence-corrected chi connectivity index (χ3v) is 5.88. The number of benzene rings is 1. The molecule has 1 unspecified atom stereocenters. The lowest BCUT2D eigenvalue weighted by atomic mass is 9.97. The first kappa shape index (κ1) is 19.6. The first-order valence-corrected chi connectivity index (χ1v) is 10.6. The number of anilines is 1. The second kappa shape index (κ2) is 9.72. The molecule has 0 aromatic heterocycles. The molecule has 144 valence electrons. The molecule has 5 nitrogen and oxygen atoms in total. The van der Waals surface area contributed by atoms with Crippen LogP contribution in [0.5, 0.6) is 0 Å². The fraction of sp³-hybridized carbons (Fsp3) is 0.650. The highest BCUT2D eigenvalue weighted by molar-refractivity contribution is 9.08. The molecule has 0 N–H and O–H groups in total. The van der Waals surface area contributed by atoms with Gasteiger partial charge in [0.2, 0.25) is 0 Å². The van der Waals surface area contributed by atoms with Gasteiger partial charge in [0.1, 0.15) is 0 Å². The van der Waals surface area contributed by atoms with Gasteiger partial charge in [0.25, 0.3) is 0 Å². The van der Waals surface area contributed by atoms with E-state index in [2.05, 4.69) is 26.9 Å². The van der Waals surface area contributed by atoms with Crippen LogP contribution in [0.3, 0.4) is 0 Å². The fourth-order valence-electron chi connectivity index (χ4n) is 3.64. The van der Waals surface area contributed by atoms with Gasteiger partial charge in [-0.2, -0.15) is 0 Å². The molecule has 0 bridgehead atoms. The van der Waals surface area contributed by atoms with Gasteiger partial charge in [-0.1, -0.05) is 15.9 Å². The number of piperidine rings is 1. The van der Waals surface area contributed by atoms with E-state index in [-0.39, 0.29) is 12.3 Å². The average Bonchev–Trinajstić information content (AvgIpc) is 2.72. The summed E-state index contributed by atoms with van der Waals surface area (Å²) in [5, 5.41) is 0.636. The monoisotopic (exact) mass is 425 g/mol. The summed E-state index contributed by atoms with van der Waals surface area (Å²) in [6.07, 6.45) is 5.64. The maximum Gasteiger partial charge on any atom is 0.338 e. The molecule has 2 aliphatic rings. The Labute approximate surface area is 164 Å². The van der Waals surface area contributed by atoms with Crippen LogP contribution in [0, 0.1) is 5.92 Å². The van der Waals surface area contributed by atoms with E-state index >= 15 is 0 Å². The Morgan fingerprint density at radius 2 is 2.08 bits per heavy atom. The van der Waals surface area contributed by atoms with Gasteiger partial charge in [-0.25, -0.2) is 4.79 Å². The Balaban J connectivity index is 1.51. The molecule has 3 rings (SSSR count). The van der Waals surface area contributed by atoms with Crippen LogP contribution in [0.1, 0.15) is 48.0 Å². The van der Waals surface area contributed by atoms with Gasteiger partial charge in [0.05, 0.1) is 19.3 Å². The molecule has 2 aliphatic heterocycles. The normalized spacial score (nSPS) is 21.6. The minimum absolute atomic E-state index is 0.00846. The lowest BCUT2D eigenvalue weighted by molar-refractivity contribution is -0.169. The number of nitrogens with zero attached hydrogens (tertiary/aromatic N) is 1. The van der Waals surface area contributed by atoms with Crippen LogP contribution in [0.2, 0.25) is 0 Å². The molecule has 26 heavy (non-hydrogen) atoms. The van der Waals surface area contributed by atoms with Gasteiger partial charge < -0.3 is 19.1 Å². The van der Waals surface area contributed by atoms with Crippen molar-refractivity contribution in [3.8, 4) is 0 Å². The Morgan fingerprint density at radius 3 is 2.73 bits per heavy atom. The van der Waals surface area contributed by atoms with Crippen molar-refractivity contribution in [1.82, 2.24) is 0 Å². The van der Waals surface area contributed by atoms with Crippen molar-refractivity contribution in [1.29, 1.82) is 0 Å². The summed E-state index contributed by atoms with van der Waals surface area (Å²) in [4.78, 5) is 14.2. The van der Waals surface area contributed by atoms with Crippen molar-refractivity contribution in [2.45, 2.75) is 43.7 Å². The van der Waals surface area contributed by atoms with Crippen molar-refractivity contribution in [2.24, 2.45) is 5.92 Å². The number of esters is 1. The minimum atomic E-state index is -0.285. The molecule has 0 radical (unpaired) electrons. The molecule has 1 aromatic carbocycles. The van der Waals surface area contributed by atoms with E-state index in [1.807, 2.05) is 12.1 Å². The summed E-state index contributed by atoms with van der Waals surface area (Å²) < 4.78 is 16.5. The first-order chi connectivity index (χ1) is 12.7. The minimum Gasteiger partial charge on any atom is -0.465 e. The van der Waals surface area contributed by atoms with E-state index in [0.29, 0.717) is 16.8 Å². The van der Waals surface area contributed by atoms with Crippen LogP contribution in [-0.4, -0.2) is 45.7 Å². The van der Waals surface area contributed by atoms with Crippen molar-refractivity contribution < 1.29 is 19.0 Å². The number of methoxy groups -OCH3 is 1. The zero-order chi connectivity index (χ0) is 18.4. The van der Waals surface area contributed by atoms with Crippen LogP contribution >= 0.6 is 15.9 Å². The summed E-state index contributed by atoms with van der Waals surface area (Å²) in [7, 11) is 1.42. The van der Waals surface area contributed by atoms with Crippen LogP contribution in [0.4, 0.5) is 5.69 Å². The van der Waals surface area contributed by atoms with Gasteiger partial charge in [-0.05, 0) is 61.8 Å². The molecular formula is C20H28BrNO4. The number of carbonyl (C=O) groups is 1. The van der Waals surface area contributed by atoms with E-state index in [1.54, 1.807) is 0 Å². The van der Waals surface area contributed by atoms with Crippen molar-refractivity contribution in [3.63, 3.8) is 0 Å². The number of hydrogen-bond donors (Lipinski definition) is 0. The summed E-state index contributed by atoms with van der Waals surface area (Å²) in [5.74, 6) is 0.313. The predicted molar refractivity (Wildman–Crippen MR) is 105 cm³/mol. The van der Waals surface area contributed by atoms with Crippen molar-refractivity contribution in [2.75, 3.05) is 38.3 Å². The van der Waals surface area contributed by atoms with Crippen LogP contribution in [0.25, 0.3) is 0 Å². The highest BCUT2D eigenvalue weighted by Gasteiger charge is 2.23. The maximum absolute atomic E-state index is 11.8. The molecule has 2 heterocycles. The highest BCUT2D eigenvalue weighted by atomic mass is 79.9. The molecule has 2 fully saturated rings. The maximum atomic E-state index is 11.8. The fourth-order valence-corrected chi connectivity index (χ4v) is 4.10. The highest BCUT2D eigenvalue weighted by Crippen LogP contribution is 2.27. The number of ether oxygens (including phenoxy) is 3. The molecular weight excluding hydrogens is 398 g/mol. The zero-order valence-corrected chi connectivity index (χ0v) is 17.0. The van der Waals surface area contributed by atoms with E-state index in [4.69, 9.17) is 14.2 Å². The predicted octanol–water partition coefficient (Wildman–Crippen LogP) is 4.13. The number of rotatable bonds is 6. The molecule has 0 amide bonds. The Bertz CT molecular complexity index is 595. The van der Waals surface area contributed by atoms with Crippen molar-refractivity contribution in [3.05, 3.63) is 29.3 Å². The third kappa shape index (κ3) is 4.99. The van der Waals surface area contributed by atoms with Gasteiger partial charge in [0, 0.05) is 30.7 Å². The van der Waals surface area contributed by atoms with E-state index in [0.717, 1.165) is 57.6 Å². The van der Waals surface area contributed by atoms with Crippen molar-refractivity contribution >= 4 is 27.6 Å². The van der Waals surface area contributed by atoms with E-state index < -0.39 is 0 Å². The second-order valence-corrected chi connectivity index (χ2v) is 7.59. The third-order valence-electron chi connectivity index (χ3n) is 5.27. The Morgan fingerprint density at radius 1 is 1.27 bits per heavy atom. The van der Waals surface area contributed by atoms with E-state index in [9.17, 15) is 4.79 Å².